The summed E-state index contributed by atoms with van der Waals surface area (Å²) in [6.45, 7) is 7.35. The van der Waals surface area contributed by atoms with E-state index >= 15 is 0 Å². The Morgan fingerprint density at radius 2 is 1.66 bits per heavy atom. The van der Waals surface area contributed by atoms with Gasteiger partial charge < -0.3 is 14.0 Å². The van der Waals surface area contributed by atoms with Crippen molar-refractivity contribution in [2.45, 2.75) is 38.3 Å². The Labute approximate surface area is 217 Å². The number of fused-ring (bicyclic) bond motifs is 1. The van der Waals surface area contributed by atoms with Crippen LogP contribution in [0.25, 0.3) is 22.6 Å². The minimum Gasteiger partial charge on any atom is -0.361 e. The zero-order valence-electron chi connectivity index (χ0n) is 20.5. The van der Waals surface area contributed by atoms with Gasteiger partial charge in [0.05, 0.1) is 0 Å². The van der Waals surface area contributed by atoms with Crippen molar-refractivity contribution in [2.75, 3.05) is 25.4 Å². The average Bonchev–Trinajstić information content (AvgIpc) is 3.37. The largest absolute Gasteiger partial charge is 0.361 e. The summed E-state index contributed by atoms with van der Waals surface area (Å²) < 4.78 is 7.36. The third-order valence-corrected chi connectivity index (χ3v) is 7.63. The highest BCUT2D eigenvalue weighted by molar-refractivity contribution is 7.99. The molecule has 0 bridgehead atoms. The minimum absolute atomic E-state index is 0. The van der Waals surface area contributed by atoms with Crippen LogP contribution in [0, 0.1) is 13.8 Å². The highest BCUT2D eigenvalue weighted by Crippen LogP contribution is 2.26. The SMILES string of the molecule is Cc1ccc(-c2nnc(SCCCN3CCc4ccc(-c5cc(C)on5)cc4CC3)n2C)cc1.Cl. The Bertz CT molecular complexity index is 1270. The van der Waals surface area contributed by atoms with E-state index in [4.69, 9.17) is 4.52 Å². The van der Waals surface area contributed by atoms with Gasteiger partial charge in [0, 0.05) is 43.1 Å². The van der Waals surface area contributed by atoms with Crippen molar-refractivity contribution in [3.8, 4) is 22.6 Å². The molecule has 8 heteroatoms. The van der Waals surface area contributed by atoms with Gasteiger partial charge in [-0.15, -0.1) is 22.6 Å². The average molecular weight is 510 g/mol. The van der Waals surface area contributed by atoms with Gasteiger partial charge in [0.15, 0.2) is 11.0 Å². The lowest BCUT2D eigenvalue weighted by Crippen LogP contribution is -2.27. The second-order valence-electron chi connectivity index (χ2n) is 9.08. The zero-order chi connectivity index (χ0) is 23.5. The lowest BCUT2D eigenvalue weighted by Gasteiger charge is -2.19. The van der Waals surface area contributed by atoms with Crippen molar-refractivity contribution in [3.63, 3.8) is 0 Å². The van der Waals surface area contributed by atoms with Gasteiger partial charge >= 0.3 is 0 Å². The van der Waals surface area contributed by atoms with E-state index in [9.17, 15) is 0 Å². The molecular weight excluding hydrogens is 478 g/mol. The van der Waals surface area contributed by atoms with Crippen LogP contribution in [0.2, 0.25) is 0 Å². The molecule has 0 saturated carbocycles. The second kappa shape index (κ2) is 11.4. The predicted molar refractivity (Wildman–Crippen MR) is 144 cm³/mol. The molecule has 0 amide bonds. The van der Waals surface area contributed by atoms with E-state index in [0.717, 1.165) is 78.2 Å². The molecule has 0 unspecified atom stereocenters. The number of aryl methyl sites for hydroxylation is 2. The summed E-state index contributed by atoms with van der Waals surface area (Å²) >= 11 is 1.80. The number of halogens is 1. The maximum atomic E-state index is 5.26. The van der Waals surface area contributed by atoms with Crippen molar-refractivity contribution < 1.29 is 4.52 Å². The fourth-order valence-corrected chi connectivity index (χ4v) is 5.34. The molecule has 1 aliphatic heterocycles. The van der Waals surface area contributed by atoms with Crippen LogP contribution in [0.1, 0.15) is 28.9 Å². The van der Waals surface area contributed by atoms with Gasteiger partial charge in [-0.2, -0.15) is 0 Å². The van der Waals surface area contributed by atoms with Gasteiger partial charge in [0.1, 0.15) is 11.5 Å². The Kier molecular flexibility index (Phi) is 8.31. The molecule has 0 radical (unpaired) electrons. The Balaban J connectivity index is 0.00000289. The van der Waals surface area contributed by atoms with Gasteiger partial charge in [-0.05, 0) is 56.8 Å². The third-order valence-electron chi connectivity index (χ3n) is 6.52. The highest BCUT2D eigenvalue weighted by Gasteiger charge is 2.16. The van der Waals surface area contributed by atoms with Crippen LogP contribution in [-0.4, -0.2) is 50.2 Å². The van der Waals surface area contributed by atoms with Crippen LogP contribution in [0.4, 0.5) is 0 Å². The summed E-state index contributed by atoms with van der Waals surface area (Å²) in [4.78, 5) is 2.59. The molecule has 0 fully saturated rings. The summed E-state index contributed by atoms with van der Waals surface area (Å²) in [7, 11) is 2.05. The highest BCUT2D eigenvalue weighted by atomic mass is 35.5. The lowest BCUT2D eigenvalue weighted by molar-refractivity contribution is 0.289. The number of aromatic nitrogens is 4. The molecule has 1 aliphatic rings. The van der Waals surface area contributed by atoms with E-state index in [0.29, 0.717) is 0 Å². The van der Waals surface area contributed by atoms with Crippen molar-refractivity contribution in [3.05, 3.63) is 71.0 Å². The van der Waals surface area contributed by atoms with Gasteiger partial charge in [0.2, 0.25) is 0 Å². The molecule has 0 N–H and O–H groups in total. The van der Waals surface area contributed by atoms with Gasteiger partial charge in [-0.1, -0.05) is 58.9 Å². The van der Waals surface area contributed by atoms with E-state index in [1.54, 1.807) is 11.8 Å². The van der Waals surface area contributed by atoms with Crippen molar-refractivity contribution >= 4 is 24.2 Å². The molecule has 5 rings (SSSR count). The molecule has 184 valence electrons. The molecule has 6 nitrogen and oxygen atoms in total. The normalized spacial score (nSPS) is 13.8. The van der Waals surface area contributed by atoms with E-state index in [-0.39, 0.29) is 12.4 Å². The van der Waals surface area contributed by atoms with E-state index in [1.807, 2.05) is 13.0 Å². The lowest BCUT2D eigenvalue weighted by atomic mass is 9.99. The standard InChI is InChI=1S/C27H31N5OS.ClH/c1-19-5-7-22(8-6-19)26-28-29-27(31(26)3)34-16-4-13-32-14-11-21-9-10-24(18-23(21)12-15-32)25-17-20(2)33-30-25;/h5-10,17-18H,4,11-16H2,1-3H3;1H. The molecule has 2 aromatic carbocycles. The summed E-state index contributed by atoms with van der Waals surface area (Å²) in [5.74, 6) is 2.81. The Morgan fingerprint density at radius 1 is 0.914 bits per heavy atom. The maximum absolute atomic E-state index is 5.26. The molecule has 0 aliphatic carbocycles. The number of nitrogens with zero attached hydrogens (tertiary/aromatic N) is 5. The molecule has 0 atom stereocenters. The number of hydrogen-bond acceptors (Lipinski definition) is 6. The number of rotatable bonds is 7. The minimum atomic E-state index is 0. The van der Waals surface area contributed by atoms with Crippen molar-refractivity contribution in [2.24, 2.45) is 7.05 Å². The molecule has 0 spiro atoms. The third kappa shape index (κ3) is 5.97. The summed E-state index contributed by atoms with van der Waals surface area (Å²) in [5, 5.41) is 14.0. The summed E-state index contributed by atoms with van der Waals surface area (Å²) in [5.41, 5.74) is 7.34. The van der Waals surface area contributed by atoms with E-state index < -0.39 is 0 Å². The van der Waals surface area contributed by atoms with Gasteiger partial charge in [0.25, 0.3) is 0 Å². The zero-order valence-corrected chi connectivity index (χ0v) is 22.2. The van der Waals surface area contributed by atoms with E-state index in [2.05, 4.69) is 81.3 Å². The van der Waals surface area contributed by atoms with Crippen LogP contribution in [-0.2, 0) is 19.9 Å². The second-order valence-corrected chi connectivity index (χ2v) is 10.1. The molecule has 35 heavy (non-hydrogen) atoms. The van der Waals surface area contributed by atoms with Crippen LogP contribution in [0.15, 0.2) is 58.2 Å². The van der Waals surface area contributed by atoms with Gasteiger partial charge in [-0.3, -0.25) is 0 Å². The van der Waals surface area contributed by atoms with Crippen LogP contribution in [0.5, 0.6) is 0 Å². The molecule has 3 heterocycles. The molecule has 4 aromatic rings. The summed E-state index contributed by atoms with van der Waals surface area (Å²) in [6, 6.07) is 17.2. The van der Waals surface area contributed by atoms with Crippen LogP contribution in [0.3, 0.4) is 0 Å². The maximum Gasteiger partial charge on any atom is 0.191 e. The van der Waals surface area contributed by atoms with Crippen LogP contribution >= 0.6 is 24.2 Å². The quantitative estimate of drug-likeness (QED) is 0.233. The monoisotopic (exact) mass is 509 g/mol. The predicted octanol–water partition coefficient (Wildman–Crippen LogP) is 5.76. The first-order valence-corrected chi connectivity index (χ1v) is 12.9. The Hall–Kier alpha value is -2.61. The van der Waals surface area contributed by atoms with Gasteiger partial charge in [-0.25, -0.2) is 0 Å². The molecule has 2 aromatic heterocycles. The molecular formula is C27H32ClN5OS. The summed E-state index contributed by atoms with van der Waals surface area (Å²) in [6.07, 6.45) is 3.32. The first-order valence-electron chi connectivity index (χ1n) is 11.9. The Morgan fingerprint density at radius 3 is 2.40 bits per heavy atom. The number of hydrogen-bond donors (Lipinski definition) is 0. The first kappa shape index (κ1) is 25.5. The molecule has 0 saturated heterocycles. The van der Waals surface area contributed by atoms with Crippen LogP contribution < -0.4 is 0 Å². The number of benzene rings is 2. The van der Waals surface area contributed by atoms with E-state index in [1.165, 1.54) is 16.7 Å². The van der Waals surface area contributed by atoms with Crippen molar-refractivity contribution in [1.29, 1.82) is 0 Å². The fourth-order valence-electron chi connectivity index (χ4n) is 4.50. The number of thioether (sulfide) groups is 1. The smallest absolute Gasteiger partial charge is 0.191 e. The fraction of sp³-hybridized carbons (Fsp3) is 0.370. The topological polar surface area (TPSA) is 60.0 Å². The van der Waals surface area contributed by atoms with Crippen molar-refractivity contribution in [1.82, 2.24) is 24.8 Å². The first-order chi connectivity index (χ1) is 16.6.